The Morgan fingerprint density at radius 3 is 2.61 bits per heavy atom. The number of aliphatic hydroxyl groups is 2. The molecule has 3 N–H and O–H groups in total. The van der Waals surface area contributed by atoms with Crippen LogP contribution in [0, 0.1) is 0 Å². The summed E-state index contributed by atoms with van der Waals surface area (Å²) < 4.78 is 5.18. The molecule has 1 amide bonds. The predicted octanol–water partition coefficient (Wildman–Crippen LogP) is 3.55. The van der Waals surface area contributed by atoms with Crippen molar-refractivity contribution in [2.24, 2.45) is 0 Å². The second kappa shape index (κ2) is 7.83. The molecule has 0 aliphatic rings. The lowest BCUT2D eigenvalue weighted by Crippen LogP contribution is -2.32. The number of rotatable bonds is 5. The second-order valence-corrected chi connectivity index (χ2v) is 6.32. The lowest BCUT2D eigenvalue weighted by atomic mass is 10.0. The van der Waals surface area contributed by atoms with E-state index >= 15 is 0 Å². The van der Waals surface area contributed by atoms with Crippen molar-refractivity contribution in [2.75, 3.05) is 0 Å². The molecule has 0 heterocycles. The van der Waals surface area contributed by atoms with Crippen LogP contribution in [0.1, 0.15) is 38.8 Å². The number of ether oxygens (including phenoxy) is 1. The molecule has 1 unspecified atom stereocenters. The quantitative estimate of drug-likeness (QED) is 0.573. The minimum atomic E-state index is -0.711. The van der Waals surface area contributed by atoms with Gasteiger partial charge >= 0.3 is 6.09 Å². The maximum Gasteiger partial charge on any atom is 0.407 e. The van der Waals surface area contributed by atoms with Crippen molar-refractivity contribution in [3.63, 3.8) is 0 Å². The molecule has 0 spiro atoms. The van der Waals surface area contributed by atoms with Crippen molar-refractivity contribution < 1.29 is 19.7 Å². The molecule has 23 heavy (non-hydrogen) atoms. The van der Waals surface area contributed by atoms with Crippen molar-refractivity contribution in [1.29, 1.82) is 0 Å². The van der Waals surface area contributed by atoms with E-state index in [1.165, 1.54) is 6.08 Å². The average Bonchev–Trinajstić information content (AvgIpc) is 2.40. The fraction of sp³-hybridized carbons (Fsp3) is 0.389. The molecule has 0 saturated carbocycles. The smallest absolute Gasteiger partial charge is 0.407 e. The molecule has 0 aliphatic carbocycles. The Kier molecular flexibility index (Phi) is 6.39. The monoisotopic (exact) mass is 319 g/mol. The maximum atomic E-state index is 11.7. The van der Waals surface area contributed by atoms with Crippen LogP contribution < -0.4 is 5.32 Å². The third-order valence-electron chi connectivity index (χ3n) is 2.79. The third-order valence-corrected chi connectivity index (χ3v) is 2.79. The number of amides is 1. The lowest BCUT2D eigenvalue weighted by molar-refractivity contribution is 0.0523. The summed E-state index contributed by atoms with van der Waals surface area (Å²) in [4.78, 5) is 11.7. The maximum absolute atomic E-state index is 11.7. The molecule has 1 aromatic rings. The molecule has 0 aliphatic heterocycles. The van der Waals surface area contributed by atoms with Crippen LogP contribution in [0.5, 0.6) is 0 Å². The molecule has 1 aromatic carbocycles. The number of allylic oxidation sites excluding steroid dienone is 1. The highest BCUT2D eigenvalue weighted by atomic mass is 16.6. The highest BCUT2D eigenvalue weighted by Crippen LogP contribution is 2.22. The van der Waals surface area contributed by atoms with Gasteiger partial charge in [0, 0.05) is 12.1 Å². The van der Waals surface area contributed by atoms with Gasteiger partial charge in [0.1, 0.15) is 11.4 Å². The SMILES string of the molecule is C=C(O)/C(=C\C(C)O)c1cccc(CNC(=O)OC(C)(C)C)c1. The standard InChI is InChI=1S/C18H25NO4/c1-12(20)9-16(13(2)21)15-8-6-7-14(10-15)11-19-17(22)23-18(3,4)5/h6-10,12,20-21H,2,11H2,1,3-5H3,(H,19,22)/b16-9+. The zero-order chi connectivity index (χ0) is 17.6. The van der Waals surface area contributed by atoms with Crippen LogP contribution in [0.3, 0.4) is 0 Å². The van der Waals surface area contributed by atoms with Crippen molar-refractivity contribution in [3.05, 3.63) is 53.8 Å². The molecule has 5 nitrogen and oxygen atoms in total. The highest BCUT2D eigenvalue weighted by Gasteiger charge is 2.15. The van der Waals surface area contributed by atoms with Crippen LogP contribution in [-0.2, 0) is 11.3 Å². The number of carbonyl (C=O) groups is 1. The molecule has 0 fully saturated rings. The van der Waals surface area contributed by atoms with Crippen LogP contribution >= 0.6 is 0 Å². The Balaban J connectivity index is 2.85. The Morgan fingerprint density at radius 1 is 1.43 bits per heavy atom. The van der Waals surface area contributed by atoms with Gasteiger partial charge in [0.05, 0.1) is 6.10 Å². The number of carbonyl (C=O) groups excluding carboxylic acids is 1. The Labute approximate surface area is 137 Å². The fourth-order valence-corrected chi connectivity index (χ4v) is 1.94. The van der Waals surface area contributed by atoms with Crippen LogP contribution in [-0.4, -0.2) is 28.0 Å². The fourth-order valence-electron chi connectivity index (χ4n) is 1.94. The Bertz CT molecular complexity index is 597. The molecule has 1 rings (SSSR count). The van der Waals surface area contributed by atoms with E-state index in [0.717, 1.165) is 5.56 Å². The minimum absolute atomic E-state index is 0.122. The van der Waals surface area contributed by atoms with Crippen LogP contribution in [0.25, 0.3) is 5.57 Å². The van der Waals surface area contributed by atoms with E-state index in [9.17, 15) is 15.0 Å². The van der Waals surface area contributed by atoms with Crippen LogP contribution in [0.2, 0.25) is 0 Å². The van der Waals surface area contributed by atoms with Crippen molar-refractivity contribution >= 4 is 11.7 Å². The Morgan fingerprint density at radius 2 is 2.09 bits per heavy atom. The number of alkyl carbamates (subject to hydrolysis) is 1. The molecule has 0 saturated heterocycles. The molecular formula is C18H25NO4. The van der Waals surface area contributed by atoms with Gasteiger partial charge < -0.3 is 20.3 Å². The molecule has 0 radical (unpaired) electrons. The van der Waals surface area contributed by atoms with E-state index in [4.69, 9.17) is 4.74 Å². The van der Waals surface area contributed by atoms with Gasteiger partial charge in [0.2, 0.25) is 0 Å². The summed E-state index contributed by atoms with van der Waals surface area (Å²) in [5.41, 5.74) is 1.46. The van der Waals surface area contributed by atoms with Crippen LogP contribution in [0.4, 0.5) is 4.79 Å². The van der Waals surface area contributed by atoms with E-state index < -0.39 is 17.8 Å². The molecular weight excluding hydrogens is 294 g/mol. The van der Waals surface area contributed by atoms with E-state index in [1.54, 1.807) is 39.8 Å². The predicted molar refractivity (Wildman–Crippen MR) is 90.9 cm³/mol. The minimum Gasteiger partial charge on any atom is -0.508 e. The summed E-state index contributed by atoms with van der Waals surface area (Å²) in [7, 11) is 0. The zero-order valence-electron chi connectivity index (χ0n) is 14.1. The van der Waals surface area contributed by atoms with Gasteiger partial charge in [-0.05, 0) is 51.0 Å². The van der Waals surface area contributed by atoms with Gasteiger partial charge in [-0.1, -0.05) is 24.8 Å². The van der Waals surface area contributed by atoms with Crippen molar-refractivity contribution in [1.82, 2.24) is 5.32 Å². The van der Waals surface area contributed by atoms with E-state index in [2.05, 4.69) is 11.9 Å². The van der Waals surface area contributed by atoms with Crippen LogP contribution in [0.15, 0.2) is 42.7 Å². The summed E-state index contributed by atoms with van der Waals surface area (Å²) >= 11 is 0. The molecule has 0 aromatic heterocycles. The second-order valence-electron chi connectivity index (χ2n) is 6.32. The van der Waals surface area contributed by atoms with Gasteiger partial charge in [-0.15, -0.1) is 0 Å². The van der Waals surface area contributed by atoms with E-state index in [0.29, 0.717) is 17.7 Å². The summed E-state index contributed by atoms with van der Waals surface area (Å²) in [5, 5.41) is 21.8. The van der Waals surface area contributed by atoms with Gasteiger partial charge in [-0.2, -0.15) is 0 Å². The van der Waals surface area contributed by atoms with Crippen molar-refractivity contribution in [2.45, 2.75) is 45.9 Å². The van der Waals surface area contributed by atoms with Crippen molar-refractivity contribution in [3.8, 4) is 0 Å². The summed E-state index contributed by atoms with van der Waals surface area (Å²) in [6.45, 7) is 10.8. The lowest BCUT2D eigenvalue weighted by Gasteiger charge is -2.19. The first-order valence-electron chi connectivity index (χ1n) is 7.43. The summed E-state index contributed by atoms with van der Waals surface area (Å²) in [6.07, 6.45) is 0.314. The molecule has 126 valence electrons. The van der Waals surface area contributed by atoms with E-state index in [-0.39, 0.29) is 5.76 Å². The summed E-state index contributed by atoms with van der Waals surface area (Å²) in [5.74, 6) is -0.122. The first-order chi connectivity index (χ1) is 10.6. The zero-order valence-corrected chi connectivity index (χ0v) is 14.1. The first-order valence-corrected chi connectivity index (χ1v) is 7.43. The molecule has 1 atom stereocenters. The Hall–Kier alpha value is -2.27. The number of benzene rings is 1. The number of hydrogen-bond acceptors (Lipinski definition) is 4. The highest BCUT2D eigenvalue weighted by molar-refractivity contribution is 5.77. The van der Waals surface area contributed by atoms with Gasteiger partial charge in [0.25, 0.3) is 0 Å². The average molecular weight is 319 g/mol. The number of nitrogens with one attached hydrogen (secondary N) is 1. The van der Waals surface area contributed by atoms with Gasteiger partial charge in [-0.25, -0.2) is 4.79 Å². The number of hydrogen-bond donors (Lipinski definition) is 3. The number of aliphatic hydroxyl groups excluding tert-OH is 2. The molecule has 5 heteroatoms. The third kappa shape index (κ3) is 7.02. The first kappa shape index (κ1) is 18.8. The van der Waals surface area contributed by atoms with Gasteiger partial charge in [0.15, 0.2) is 0 Å². The molecule has 0 bridgehead atoms. The topological polar surface area (TPSA) is 78.8 Å². The normalized spacial score (nSPS) is 13.3. The summed E-state index contributed by atoms with van der Waals surface area (Å²) in [6, 6.07) is 7.26. The largest absolute Gasteiger partial charge is 0.508 e. The van der Waals surface area contributed by atoms with E-state index in [1.807, 2.05) is 12.1 Å². The van der Waals surface area contributed by atoms with Gasteiger partial charge in [-0.3, -0.25) is 0 Å².